The van der Waals surface area contributed by atoms with E-state index in [9.17, 15) is 4.79 Å². The van der Waals surface area contributed by atoms with E-state index in [4.69, 9.17) is 5.11 Å². The minimum absolute atomic E-state index is 0.271. The van der Waals surface area contributed by atoms with Crippen LogP contribution < -0.4 is 0 Å². The third kappa shape index (κ3) is 1.80. The van der Waals surface area contributed by atoms with Gasteiger partial charge in [0.2, 0.25) is 0 Å². The monoisotopic (exact) mass is 257 g/mol. The molecule has 0 amide bonds. The average Bonchev–Trinajstić information content (AvgIpc) is 2.02. The predicted octanol–water partition coefficient (Wildman–Crippen LogP) is 2.72. The molecule has 1 N–H and O–H groups in total. The van der Waals surface area contributed by atoms with Crippen LogP contribution in [0.2, 0.25) is 0 Å². The van der Waals surface area contributed by atoms with Crippen LogP contribution in [-0.2, 0) is 6.42 Å². The SMILES string of the molecule is CCc1c(C)nc(Br)c(C(=O)O)c1C. The van der Waals surface area contributed by atoms with Crippen LogP contribution in [0.25, 0.3) is 0 Å². The molecule has 3 nitrogen and oxygen atoms in total. The van der Waals surface area contributed by atoms with Gasteiger partial charge in [-0.15, -0.1) is 0 Å². The number of hydrogen-bond acceptors (Lipinski definition) is 2. The number of aryl methyl sites for hydroxylation is 1. The van der Waals surface area contributed by atoms with Crippen molar-refractivity contribution < 1.29 is 9.90 Å². The van der Waals surface area contributed by atoms with E-state index in [2.05, 4.69) is 20.9 Å². The lowest BCUT2D eigenvalue weighted by atomic mass is 10.0. The molecule has 0 radical (unpaired) electrons. The highest BCUT2D eigenvalue weighted by atomic mass is 79.9. The van der Waals surface area contributed by atoms with Crippen LogP contribution in [-0.4, -0.2) is 16.1 Å². The van der Waals surface area contributed by atoms with Gasteiger partial charge >= 0.3 is 5.97 Å². The summed E-state index contributed by atoms with van der Waals surface area (Å²) in [6, 6.07) is 0. The highest BCUT2D eigenvalue weighted by Gasteiger charge is 2.17. The molecule has 1 aromatic heterocycles. The van der Waals surface area contributed by atoms with Crippen molar-refractivity contribution in [3.8, 4) is 0 Å². The van der Waals surface area contributed by atoms with E-state index in [1.165, 1.54) is 0 Å². The fourth-order valence-corrected chi connectivity index (χ4v) is 2.35. The molecule has 0 spiro atoms. The third-order valence-corrected chi connectivity index (χ3v) is 2.88. The van der Waals surface area contributed by atoms with E-state index in [-0.39, 0.29) is 5.56 Å². The molecule has 76 valence electrons. The summed E-state index contributed by atoms with van der Waals surface area (Å²) >= 11 is 3.17. The van der Waals surface area contributed by atoms with Gasteiger partial charge in [-0.25, -0.2) is 9.78 Å². The number of carbonyl (C=O) groups is 1. The second-order valence-electron chi connectivity index (χ2n) is 3.13. The molecule has 1 heterocycles. The van der Waals surface area contributed by atoms with Gasteiger partial charge in [0.25, 0.3) is 0 Å². The van der Waals surface area contributed by atoms with Crippen LogP contribution in [0.5, 0.6) is 0 Å². The number of pyridine rings is 1. The first-order valence-corrected chi connectivity index (χ1v) is 5.17. The second kappa shape index (κ2) is 4.09. The number of hydrogen-bond donors (Lipinski definition) is 1. The summed E-state index contributed by atoms with van der Waals surface area (Å²) in [7, 11) is 0. The van der Waals surface area contributed by atoms with Gasteiger partial charge < -0.3 is 5.11 Å². The standard InChI is InChI=1S/C10H12BrNO2/c1-4-7-5(2)8(10(13)14)9(11)12-6(7)3/h4H2,1-3H3,(H,13,14). The van der Waals surface area contributed by atoms with Crippen molar-refractivity contribution in [2.24, 2.45) is 0 Å². The van der Waals surface area contributed by atoms with Crippen molar-refractivity contribution >= 4 is 21.9 Å². The second-order valence-corrected chi connectivity index (χ2v) is 3.88. The molecule has 14 heavy (non-hydrogen) atoms. The van der Waals surface area contributed by atoms with Crippen molar-refractivity contribution in [3.63, 3.8) is 0 Å². The van der Waals surface area contributed by atoms with Crippen LogP contribution in [0, 0.1) is 13.8 Å². The number of carboxylic acid groups (broad SMARTS) is 1. The maximum Gasteiger partial charge on any atom is 0.338 e. The average molecular weight is 258 g/mol. The normalized spacial score (nSPS) is 10.3. The smallest absolute Gasteiger partial charge is 0.338 e. The largest absolute Gasteiger partial charge is 0.478 e. The molecule has 1 rings (SSSR count). The Morgan fingerprint density at radius 1 is 1.50 bits per heavy atom. The highest BCUT2D eigenvalue weighted by Crippen LogP contribution is 2.24. The Balaban J connectivity index is 3.52. The molecule has 0 aliphatic rings. The minimum atomic E-state index is -0.934. The van der Waals surface area contributed by atoms with E-state index in [1.807, 2.05) is 20.8 Å². The van der Waals surface area contributed by atoms with Crippen molar-refractivity contribution in [1.82, 2.24) is 4.98 Å². The molecular weight excluding hydrogens is 246 g/mol. The number of aromatic nitrogens is 1. The Hall–Kier alpha value is -0.900. The van der Waals surface area contributed by atoms with Crippen LogP contribution in [0.1, 0.15) is 34.1 Å². The topological polar surface area (TPSA) is 50.2 Å². The van der Waals surface area contributed by atoms with Gasteiger partial charge in [-0.3, -0.25) is 0 Å². The summed E-state index contributed by atoms with van der Waals surface area (Å²) in [5, 5.41) is 8.99. The van der Waals surface area contributed by atoms with Gasteiger partial charge in [0.05, 0.1) is 5.56 Å². The fourth-order valence-electron chi connectivity index (χ4n) is 1.62. The first-order chi connectivity index (χ1) is 6.49. The molecule has 0 atom stereocenters. The molecular formula is C10H12BrNO2. The lowest BCUT2D eigenvalue weighted by Crippen LogP contribution is -2.08. The van der Waals surface area contributed by atoms with Crippen molar-refractivity contribution in [2.45, 2.75) is 27.2 Å². The van der Waals surface area contributed by atoms with Crippen LogP contribution in [0.4, 0.5) is 0 Å². The fraction of sp³-hybridized carbons (Fsp3) is 0.400. The molecule has 1 aromatic rings. The van der Waals surface area contributed by atoms with E-state index in [1.54, 1.807) is 0 Å². The van der Waals surface area contributed by atoms with E-state index in [0.29, 0.717) is 4.60 Å². The summed E-state index contributed by atoms with van der Waals surface area (Å²) in [5.41, 5.74) is 2.99. The molecule has 0 aliphatic carbocycles. The third-order valence-electron chi connectivity index (χ3n) is 2.30. The molecule has 4 heteroatoms. The summed E-state index contributed by atoms with van der Waals surface area (Å²) in [5.74, 6) is -0.934. The number of carboxylic acids is 1. The number of halogens is 1. The number of rotatable bonds is 2. The molecule has 0 saturated carbocycles. The van der Waals surface area contributed by atoms with Crippen LogP contribution >= 0.6 is 15.9 Å². The summed E-state index contributed by atoms with van der Waals surface area (Å²) < 4.78 is 0.414. The first-order valence-electron chi connectivity index (χ1n) is 4.37. The van der Waals surface area contributed by atoms with Gasteiger partial charge in [0.15, 0.2) is 0 Å². The first kappa shape index (κ1) is 11.2. The Morgan fingerprint density at radius 2 is 2.07 bits per heavy atom. The zero-order chi connectivity index (χ0) is 10.9. The quantitative estimate of drug-likeness (QED) is 0.830. The molecule has 0 bridgehead atoms. The van der Waals surface area contributed by atoms with Crippen molar-refractivity contribution in [3.05, 3.63) is 27.0 Å². The minimum Gasteiger partial charge on any atom is -0.478 e. The zero-order valence-corrected chi connectivity index (χ0v) is 9.97. The molecule has 0 unspecified atom stereocenters. The van der Waals surface area contributed by atoms with Crippen LogP contribution in [0.3, 0.4) is 0 Å². The van der Waals surface area contributed by atoms with Gasteiger partial charge in [0, 0.05) is 5.69 Å². The zero-order valence-electron chi connectivity index (χ0n) is 8.39. The van der Waals surface area contributed by atoms with Gasteiger partial charge in [-0.05, 0) is 47.3 Å². The van der Waals surface area contributed by atoms with E-state index in [0.717, 1.165) is 23.2 Å². The summed E-state index contributed by atoms with van der Waals surface area (Å²) in [6.45, 7) is 5.71. The maximum atomic E-state index is 11.0. The van der Waals surface area contributed by atoms with Crippen LogP contribution in [0.15, 0.2) is 4.60 Å². The molecule has 0 aromatic carbocycles. The summed E-state index contributed by atoms with van der Waals surface area (Å²) in [6.07, 6.45) is 0.804. The Bertz CT molecular complexity index is 388. The number of aromatic carboxylic acids is 1. The maximum absolute atomic E-state index is 11.0. The van der Waals surface area contributed by atoms with Crippen molar-refractivity contribution in [2.75, 3.05) is 0 Å². The Morgan fingerprint density at radius 3 is 2.50 bits per heavy atom. The summed E-state index contributed by atoms with van der Waals surface area (Å²) in [4.78, 5) is 15.1. The molecule has 0 aliphatic heterocycles. The van der Waals surface area contributed by atoms with Gasteiger partial charge in [0.1, 0.15) is 4.60 Å². The van der Waals surface area contributed by atoms with Gasteiger partial charge in [-0.2, -0.15) is 0 Å². The van der Waals surface area contributed by atoms with E-state index < -0.39 is 5.97 Å². The molecule has 0 fully saturated rings. The molecule has 0 saturated heterocycles. The lowest BCUT2D eigenvalue weighted by molar-refractivity contribution is 0.0694. The van der Waals surface area contributed by atoms with Crippen molar-refractivity contribution in [1.29, 1.82) is 0 Å². The predicted molar refractivity (Wildman–Crippen MR) is 57.7 cm³/mol. The Kier molecular flexibility index (Phi) is 3.26. The lowest BCUT2D eigenvalue weighted by Gasteiger charge is -2.11. The number of nitrogens with zero attached hydrogens (tertiary/aromatic N) is 1. The van der Waals surface area contributed by atoms with E-state index >= 15 is 0 Å². The Labute approximate surface area is 91.3 Å². The highest BCUT2D eigenvalue weighted by molar-refractivity contribution is 9.10. The van der Waals surface area contributed by atoms with Gasteiger partial charge in [-0.1, -0.05) is 6.92 Å².